The zero-order chi connectivity index (χ0) is 31.2. The zero-order valence-electron chi connectivity index (χ0n) is 25.0. The Kier molecular flexibility index (Phi) is 14.9. The van der Waals surface area contributed by atoms with E-state index in [1.807, 2.05) is 52.8 Å². The summed E-state index contributed by atoms with van der Waals surface area (Å²) in [5, 5.41) is 5.99. The third-order valence-corrected chi connectivity index (χ3v) is 6.32. The summed E-state index contributed by atoms with van der Waals surface area (Å²) in [4.78, 5) is 48.3. The average Bonchev–Trinajstić information content (AvgIpc) is 2.86. The number of halogens is 1. The Bertz CT molecular complexity index is 1120. The molecule has 3 amide bonds. The number of primary amides is 1. The van der Waals surface area contributed by atoms with E-state index < -0.39 is 35.5 Å². The summed E-state index contributed by atoms with van der Waals surface area (Å²) in [6.07, 6.45) is 15.0. The Morgan fingerprint density at radius 2 is 1.85 bits per heavy atom. The Labute approximate surface area is 248 Å². The van der Waals surface area contributed by atoms with Gasteiger partial charge < -0.3 is 25.8 Å². The van der Waals surface area contributed by atoms with Crippen molar-refractivity contribution in [1.82, 2.24) is 10.6 Å². The first-order valence-corrected chi connectivity index (χ1v) is 13.9. The average molecular weight is 590 g/mol. The topological polar surface area (TPSA) is 137 Å². The molecule has 0 fully saturated rings. The van der Waals surface area contributed by atoms with Crippen LogP contribution in [0.4, 0.5) is 4.79 Å². The van der Waals surface area contributed by atoms with E-state index in [2.05, 4.69) is 10.6 Å². The fourth-order valence-electron chi connectivity index (χ4n) is 3.87. The third-order valence-electron chi connectivity index (χ3n) is 6.17. The predicted molar refractivity (Wildman–Crippen MR) is 161 cm³/mol. The van der Waals surface area contributed by atoms with Gasteiger partial charge in [0, 0.05) is 41.9 Å². The predicted octanol–water partition coefficient (Wildman–Crippen LogP) is 5.49. The molecular formula is C31H44ClN3O6. The standard InChI is InChI=1S/C31H44ClN3O6/c1-20(19-22(3)25-17-14-21(2)29(38)41-25)11-8-9-13-26(36)35-27(31(5,6)7)28(37)34-18-10-12-24(40-30(33)39)16-15-23(4)32/h8-11,13-15,18-19,22,24-25,27H,12,16-17H2,1-7H3,(H2,33,39)(H,34,37)(H,35,36)/b11-8-,13-9-,18-10-,20-19+,23-15+/t22-,24-,25-,27+/m0/s1. The molecule has 4 N–H and O–H groups in total. The van der Waals surface area contributed by atoms with Crippen LogP contribution in [0.3, 0.4) is 0 Å². The number of carbonyl (C=O) groups excluding carboxylic acids is 4. The van der Waals surface area contributed by atoms with Crippen molar-refractivity contribution in [2.24, 2.45) is 17.1 Å². The zero-order valence-corrected chi connectivity index (χ0v) is 25.8. The highest BCUT2D eigenvalue weighted by Gasteiger charge is 2.32. The minimum atomic E-state index is -0.897. The molecule has 0 saturated carbocycles. The van der Waals surface area contributed by atoms with Gasteiger partial charge in [-0.15, -0.1) is 0 Å². The van der Waals surface area contributed by atoms with Crippen molar-refractivity contribution in [3.05, 3.63) is 71.0 Å². The quantitative estimate of drug-likeness (QED) is 0.148. The summed E-state index contributed by atoms with van der Waals surface area (Å²) >= 11 is 5.84. The highest BCUT2D eigenvalue weighted by atomic mass is 35.5. The molecule has 0 aromatic carbocycles. The lowest BCUT2D eigenvalue weighted by molar-refractivity contribution is -0.147. The van der Waals surface area contributed by atoms with Crippen LogP contribution in [-0.2, 0) is 23.9 Å². The molecule has 0 aromatic rings. The highest BCUT2D eigenvalue weighted by Crippen LogP contribution is 2.22. The van der Waals surface area contributed by atoms with Gasteiger partial charge >= 0.3 is 12.1 Å². The van der Waals surface area contributed by atoms with Crippen LogP contribution in [0.2, 0.25) is 0 Å². The Morgan fingerprint density at radius 1 is 1.20 bits per heavy atom. The van der Waals surface area contributed by atoms with E-state index in [1.54, 1.807) is 38.2 Å². The molecule has 1 aliphatic rings. The first kappa shape index (κ1) is 35.4. The Hall–Kier alpha value is -3.59. The van der Waals surface area contributed by atoms with Crippen molar-refractivity contribution in [2.45, 2.75) is 86.0 Å². The minimum absolute atomic E-state index is 0.0357. The van der Waals surface area contributed by atoms with Crippen LogP contribution in [0.25, 0.3) is 0 Å². The molecule has 4 atom stereocenters. The summed E-state index contributed by atoms with van der Waals surface area (Å²) in [6.45, 7) is 12.9. The number of nitrogens with two attached hydrogens (primary N) is 1. The first-order valence-electron chi connectivity index (χ1n) is 13.5. The third kappa shape index (κ3) is 14.6. The number of hydrogen-bond acceptors (Lipinski definition) is 6. The van der Waals surface area contributed by atoms with Gasteiger partial charge in [0.05, 0.1) is 0 Å². The maximum absolute atomic E-state index is 12.9. The molecular weight excluding hydrogens is 546 g/mol. The lowest BCUT2D eigenvalue weighted by atomic mass is 9.86. The van der Waals surface area contributed by atoms with E-state index in [0.29, 0.717) is 29.9 Å². The number of nitrogens with one attached hydrogen (secondary N) is 2. The van der Waals surface area contributed by atoms with Crippen molar-refractivity contribution >= 4 is 35.5 Å². The van der Waals surface area contributed by atoms with Crippen molar-refractivity contribution in [2.75, 3.05) is 0 Å². The molecule has 1 rings (SSSR count). The molecule has 0 aliphatic carbocycles. The summed E-state index contributed by atoms with van der Waals surface area (Å²) in [6, 6.07) is -0.814. The summed E-state index contributed by atoms with van der Waals surface area (Å²) in [5.41, 5.74) is 6.15. The maximum atomic E-state index is 12.9. The number of ether oxygens (including phenoxy) is 2. The molecule has 9 nitrogen and oxygen atoms in total. The van der Waals surface area contributed by atoms with Crippen LogP contribution in [0.5, 0.6) is 0 Å². The van der Waals surface area contributed by atoms with Gasteiger partial charge in [0.1, 0.15) is 18.2 Å². The van der Waals surface area contributed by atoms with E-state index in [4.69, 9.17) is 26.8 Å². The Morgan fingerprint density at radius 3 is 2.44 bits per heavy atom. The number of cyclic esters (lactones) is 1. The smallest absolute Gasteiger partial charge is 0.404 e. The minimum Gasteiger partial charge on any atom is -0.458 e. The molecule has 0 bridgehead atoms. The molecule has 41 heavy (non-hydrogen) atoms. The van der Waals surface area contributed by atoms with Gasteiger partial charge in [0.25, 0.3) is 0 Å². The molecule has 0 radical (unpaired) electrons. The second-order valence-corrected chi connectivity index (χ2v) is 11.7. The highest BCUT2D eigenvalue weighted by molar-refractivity contribution is 6.29. The normalized spacial score (nSPS) is 19.1. The van der Waals surface area contributed by atoms with Crippen LogP contribution < -0.4 is 16.4 Å². The van der Waals surface area contributed by atoms with Gasteiger partial charge in [-0.25, -0.2) is 9.59 Å². The molecule has 1 heterocycles. The van der Waals surface area contributed by atoms with Crippen LogP contribution in [0, 0.1) is 11.3 Å². The van der Waals surface area contributed by atoms with Gasteiger partial charge in [-0.2, -0.15) is 0 Å². The van der Waals surface area contributed by atoms with E-state index in [1.165, 1.54) is 12.3 Å². The SMILES string of the molecule is CC1=CC[C@@H]([C@@H](C)/C=C(C)/C=C\C=C/C(=O)N[C@H](C(=O)N/C=C\C[C@@H](C/C=C(\C)Cl)OC(N)=O)C(C)(C)C)OC1=O. The molecule has 0 spiro atoms. The van der Waals surface area contributed by atoms with Crippen LogP contribution in [0.1, 0.15) is 67.7 Å². The second kappa shape index (κ2) is 17.3. The monoisotopic (exact) mass is 589 g/mol. The van der Waals surface area contributed by atoms with E-state index in [9.17, 15) is 19.2 Å². The largest absolute Gasteiger partial charge is 0.458 e. The van der Waals surface area contributed by atoms with Crippen molar-refractivity contribution in [1.29, 1.82) is 0 Å². The van der Waals surface area contributed by atoms with E-state index >= 15 is 0 Å². The number of esters is 1. The second-order valence-electron chi connectivity index (χ2n) is 11.1. The van der Waals surface area contributed by atoms with Crippen LogP contribution in [0.15, 0.2) is 71.0 Å². The van der Waals surface area contributed by atoms with Crippen molar-refractivity contribution in [3.63, 3.8) is 0 Å². The maximum Gasteiger partial charge on any atom is 0.404 e. The van der Waals surface area contributed by atoms with E-state index in [-0.39, 0.29) is 18.0 Å². The van der Waals surface area contributed by atoms with Gasteiger partial charge in [-0.3, -0.25) is 9.59 Å². The van der Waals surface area contributed by atoms with Crippen molar-refractivity contribution < 1.29 is 28.7 Å². The summed E-state index contributed by atoms with van der Waals surface area (Å²) in [5.74, 6) is -1.06. The summed E-state index contributed by atoms with van der Waals surface area (Å²) in [7, 11) is 0. The fraction of sp³-hybridized carbons (Fsp3) is 0.484. The van der Waals surface area contributed by atoms with E-state index in [0.717, 1.165) is 5.57 Å². The van der Waals surface area contributed by atoms with Gasteiger partial charge in [-0.1, -0.05) is 87.4 Å². The number of allylic oxidation sites excluding steroid dienone is 5. The molecule has 0 aromatic heterocycles. The van der Waals surface area contributed by atoms with Crippen LogP contribution >= 0.6 is 11.6 Å². The number of carbonyl (C=O) groups is 4. The first-order chi connectivity index (χ1) is 19.1. The number of amides is 3. The molecule has 1 aliphatic heterocycles. The van der Waals surface area contributed by atoms with Gasteiger partial charge in [0.2, 0.25) is 11.8 Å². The number of hydrogen-bond donors (Lipinski definition) is 3. The van der Waals surface area contributed by atoms with Crippen LogP contribution in [-0.4, -0.2) is 42.1 Å². The lowest BCUT2D eigenvalue weighted by Crippen LogP contribution is -2.52. The molecule has 226 valence electrons. The summed E-state index contributed by atoms with van der Waals surface area (Å²) < 4.78 is 10.5. The van der Waals surface area contributed by atoms with Gasteiger partial charge in [0.15, 0.2) is 0 Å². The molecule has 10 heteroatoms. The lowest BCUT2D eigenvalue weighted by Gasteiger charge is -2.29. The Balaban J connectivity index is 2.70. The molecule has 0 unspecified atom stereocenters. The number of rotatable bonds is 13. The van der Waals surface area contributed by atoms with Crippen molar-refractivity contribution in [3.8, 4) is 0 Å². The van der Waals surface area contributed by atoms with Gasteiger partial charge in [-0.05, 0) is 32.4 Å². The molecule has 0 saturated heterocycles. The fourth-order valence-corrected chi connectivity index (χ4v) is 3.95.